The standard InChI is InChI=1S/C88H42N8S4/c89-43-47-33-75(93-69-21-9-3-18-60(69)85-71(93)31-28-58-54-15-4-11-23-80(54)99-87(58)85)66(46-92)76(34-47)94-70-30-26-48(36-65(70)86-72(94)32-29-59-55-16-5-12-24-81(55)100-88(59)86)49-25-27-57-64-39-78-62(41-84(64)98-82(57)37-49)53-14-2-8-20-68(53)96(78)74-42-73(50(44-90)35-51(74)45-91)95-67-19-7-1-13-52(67)61-40-83-63(38-77(61)95)56-17-6-10-22-79(56)97-83/h1-42H. The van der Waals surface area contributed by atoms with E-state index in [1.807, 2.05) is 12.1 Å². The molecule has 0 spiro atoms. The molecule has 0 N–H and O–H groups in total. The number of thiophene rings is 4. The van der Waals surface area contributed by atoms with Crippen LogP contribution in [0.3, 0.4) is 0 Å². The number of hydrogen-bond acceptors (Lipinski definition) is 8. The second-order valence-electron chi connectivity index (χ2n) is 25.9. The van der Waals surface area contributed by atoms with Crippen LogP contribution in [0.4, 0.5) is 0 Å². The van der Waals surface area contributed by atoms with Gasteiger partial charge < -0.3 is 18.3 Å². The van der Waals surface area contributed by atoms with Gasteiger partial charge in [0.25, 0.3) is 0 Å². The topological polar surface area (TPSA) is 115 Å². The van der Waals surface area contributed by atoms with Crippen molar-refractivity contribution in [1.29, 1.82) is 21.0 Å². The monoisotopic (exact) mass is 1340 g/mol. The van der Waals surface area contributed by atoms with Crippen molar-refractivity contribution in [2.24, 2.45) is 0 Å². The van der Waals surface area contributed by atoms with Crippen molar-refractivity contribution in [1.82, 2.24) is 18.3 Å². The van der Waals surface area contributed by atoms with E-state index in [0.717, 1.165) is 123 Å². The molecule has 458 valence electrons. The van der Waals surface area contributed by atoms with Crippen LogP contribution >= 0.6 is 45.3 Å². The molecule has 0 bridgehead atoms. The van der Waals surface area contributed by atoms with Crippen LogP contribution < -0.4 is 0 Å². The van der Waals surface area contributed by atoms with Gasteiger partial charge in [-0.1, -0.05) is 140 Å². The van der Waals surface area contributed by atoms with E-state index in [2.05, 4.69) is 279 Å². The Balaban J connectivity index is 0.727. The number of fused-ring (bicyclic) bond motifs is 26. The summed E-state index contributed by atoms with van der Waals surface area (Å²) in [5.74, 6) is 0. The maximum Gasteiger partial charge on any atom is 0.104 e. The molecular weight excluding hydrogens is 1300 g/mol. The minimum absolute atomic E-state index is 0.405. The van der Waals surface area contributed by atoms with Gasteiger partial charge in [-0.15, -0.1) is 45.3 Å². The molecule has 0 aliphatic carbocycles. The number of aromatic nitrogens is 4. The van der Waals surface area contributed by atoms with E-state index in [9.17, 15) is 21.0 Å². The smallest absolute Gasteiger partial charge is 0.104 e. The Morgan fingerprint density at radius 1 is 0.230 bits per heavy atom. The normalized spacial score (nSPS) is 12.2. The molecule has 0 amide bonds. The fraction of sp³-hybridized carbons (Fsp3) is 0. The van der Waals surface area contributed by atoms with E-state index in [1.54, 1.807) is 51.4 Å². The maximum absolute atomic E-state index is 11.8. The van der Waals surface area contributed by atoms with Crippen LogP contribution in [0.15, 0.2) is 255 Å². The first kappa shape index (κ1) is 55.3. The van der Waals surface area contributed by atoms with Crippen LogP contribution in [0.5, 0.6) is 0 Å². The lowest BCUT2D eigenvalue weighted by Crippen LogP contribution is -2.05. The molecule has 22 rings (SSSR count). The minimum atomic E-state index is 0.405. The number of para-hydroxylation sites is 3. The van der Waals surface area contributed by atoms with Gasteiger partial charge >= 0.3 is 0 Å². The summed E-state index contributed by atoms with van der Waals surface area (Å²) in [6.45, 7) is 0. The molecule has 0 unspecified atom stereocenters. The second kappa shape index (κ2) is 20.3. The Bertz CT molecular complexity index is 7730. The van der Waals surface area contributed by atoms with Crippen molar-refractivity contribution in [2.75, 3.05) is 0 Å². The number of nitrogens with zero attached hydrogens (tertiary/aromatic N) is 8. The Morgan fingerprint density at radius 2 is 0.630 bits per heavy atom. The summed E-state index contributed by atoms with van der Waals surface area (Å²) < 4.78 is 18.4. The van der Waals surface area contributed by atoms with Crippen LogP contribution in [0.25, 0.3) is 202 Å². The molecule has 0 radical (unpaired) electrons. The van der Waals surface area contributed by atoms with Crippen molar-refractivity contribution < 1.29 is 0 Å². The van der Waals surface area contributed by atoms with Crippen molar-refractivity contribution in [3.63, 3.8) is 0 Å². The van der Waals surface area contributed by atoms with Gasteiger partial charge in [0.05, 0.1) is 89.6 Å². The van der Waals surface area contributed by atoms with Gasteiger partial charge in [0.15, 0.2) is 0 Å². The molecule has 0 aliphatic rings. The molecule has 14 aromatic carbocycles. The number of rotatable bonds is 5. The Morgan fingerprint density at radius 3 is 1.17 bits per heavy atom. The highest BCUT2D eigenvalue weighted by molar-refractivity contribution is 7.27. The predicted octanol–water partition coefficient (Wildman–Crippen LogP) is 24.7. The highest BCUT2D eigenvalue weighted by atomic mass is 32.1. The molecule has 100 heavy (non-hydrogen) atoms. The summed E-state index contributed by atoms with van der Waals surface area (Å²) in [6, 6.07) is 100. The zero-order chi connectivity index (χ0) is 65.9. The van der Waals surface area contributed by atoms with E-state index >= 15 is 0 Å². The molecule has 0 saturated carbocycles. The maximum atomic E-state index is 11.8. The van der Waals surface area contributed by atoms with E-state index in [1.165, 1.54) is 55.8 Å². The molecular formula is C88H42N8S4. The first-order valence-electron chi connectivity index (χ1n) is 32.8. The predicted molar refractivity (Wildman–Crippen MR) is 420 cm³/mol. The number of nitriles is 4. The van der Waals surface area contributed by atoms with Gasteiger partial charge in [-0.2, -0.15) is 21.0 Å². The zero-order valence-corrected chi connectivity index (χ0v) is 55.7. The summed E-state index contributed by atoms with van der Waals surface area (Å²) in [6.07, 6.45) is 0. The fourth-order valence-corrected chi connectivity index (χ4v) is 21.4. The molecule has 0 saturated heterocycles. The third-order valence-corrected chi connectivity index (χ3v) is 25.5. The summed E-state index contributed by atoms with van der Waals surface area (Å²) in [5, 5.41) is 63.1. The summed E-state index contributed by atoms with van der Waals surface area (Å²) in [7, 11) is 0. The molecule has 8 aromatic heterocycles. The van der Waals surface area contributed by atoms with Gasteiger partial charge in [-0.05, 0) is 126 Å². The van der Waals surface area contributed by atoms with Gasteiger partial charge in [0, 0.05) is 124 Å². The molecule has 0 fully saturated rings. The highest BCUT2D eigenvalue weighted by Crippen LogP contribution is 2.50. The molecule has 12 heteroatoms. The van der Waals surface area contributed by atoms with Crippen molar-refractivity contribution >= 4 is 213 Å². The van der Waals surface area contributed by atoms with E-state index in [-0.39, 0.29) is 0 Å². The zero-order valence-electron chi connectivity index (χ0n) is 52.5. The van der Waals surface area contributed by atoms with Gasteiger partial charge in [-0.25, -0.2) is 0 Å². The van der Waals surface area contributed by atoms with Crippen LogP contribution in [0.1, 0.15) is 22.3 Å². The first-order valence-corrected chi connectivity index (χ1v) is 36.1. The van der Waals surface area contributed by atoms with Crippen LogP contribution in [-0.4, -0.2) is 18.3 Å². The third kappa shape index (κ3) is 7.41. The second-order valence-corrected chi connectivity index (χ2v) is 30.1. The van der Waals surface area contributed by atoms with Crippen LogP contribution in [-0.2, 0) is 0 Å². The highest BCUT2D eigenvalue weighted by Gasteiger charge is 2.28. The lowest BCUT2D eigenvalue weighted by atomic mass is 10.0. The van der Waals surface area contributed by atoms with Crippen LogP contribution in [0, 0.1) is 45.3 Å². The minimum Gasteiger partial charge on any atom is -0.308 e. The van der Waals surface area contributed by atoms with Gasteiger partial charge in [0.1, 0.15) is 23.8 Å². The number of benzene rings is 14. The largest absolute Gasteiger partial charge is 0.308 e. The van der Waals surface area contributed by atoms with E-state index in [0.29, 0.717) is 45.0 Å². The summed E-state index contributed by atoms with van der Waals surface area (Å²) in [4.78, 5) is 0. The number of hydrogen-bond donors (Lipinski definition) is 0. The first-order chi connectivity index (χ1) is 49.4. The third-order valence-electron chi connectivity index (χ3n) is 20.9. The van der Waals surface area contributed by atoms with E-state index in [4.69, 9.17) is 0 Å². The summed E-state index contributed by atoms with van der Waals surface area (Å²) in [5.41, 5.74) is 14.2. The summed E-state index contributed by atoms with van der Waals surface area (Å²) >= 11 is 7.15. The Kier molecular flexibility index (Phi) is 11.2. The van der Waals surface area contributed by atoms with Crippen molar-refractivity contribution in [3.8, 4) is 58.2 Å². The Hall–Kier alpha value is -12.9. The van der Waals surface area contributed by atoms with Crippen LogP contribution in [0.2, 0.25) is 0 Å². The Labute approximate surface area is 583 Å². The average molecular weight is 1340 g/mol. The molecule has 8 heterocycles. The van der Waals surface area contributed by atoms with Gasteiger partial charge in [-0.3, -0.25) is 0 Å². The van der Waals surface area contributed by atoms with E-state index < -0.39 is 0 Å². The van der Waals surface area contributed by atoms with Crippen molar-refractivity contribution in [3.05, 3.63) is 277 Å². The van der Waals surface area contributed by atoms with Crippen molar-refractivity contribution in [2.45, 2.75) is 0 Å². The SMILES string of the molecule is N#Cc1cc(-n2c3ccccc3c3c4sc5ccccc5c4ccc32)c(C#N)c(-n2c3ccc(-c4ccc5c(c4)sc4cc6c7ccccc7n(-c7cc(-n8c9ccccc9c9cc%10sc%11ccccc%11c%10cc98)c(C#N)cc7C#N)c6cc45)cc3c3c4sc5ccccc5c4ccc32)c1. The molecule has 0 aliphatic heterocycles. The lowest BCUT2D eigenvalue weighted by Gasteiger charge is -2.16. The van der Waals surface area contributed by atoms with Gasteiger partial charge in [0.2, 0.25) is 0 Å². The fourth-order valence-electron chi connectivity index (χ4n) is 16.6. The molecule has 22 aromatic rings. The quantitative estimate of drug-likeness (QED) is 0.171. The molecule has 8 nitrogen and oxygen atoms in total. The average Bonchev–Trinajstić information content (AvgIpc) is 1.56. The lowest BCUT2D eigenvalue weighted by molar-refractivity contribution is 1.11. The molecule has 0 atom stereocenters.